The van der Waals surface area contributed by atoms with Crippen LogP contribution < -0.4 is 0 Å². The zero-order chi connectivity index (χ0) is 20.4. The highest BCUT2D eigenvalue weighted by Gasteiger charge is 2.33. The van der Waals surface area contributed by atoms with Gasteiger partial charge in [-0.3, -0.25) is 4.18 Å². The van der Waals surface area contributed by atoms with E-state index in [4.69, 9.17) is 13.7 Å². The third kappa shape index (κ3) is 5.31. The van der Waals surface area contributed by atoms with Crippen LogP contribution in [0.25, 0.3) is 0 Å². The molecule has 0 saturated carbocycles. The molecule has 0 aliphatic carbocycles. The summed E-state index contributed by atoms with van der Waals surface area (Å²) in [6.07, 6.45) is 0.365. The molecule has 0 aromatic heterocycles. The molecule has 0 atom stereocenters. The molecule has 1 saturated heterocycles. The van der Waals surface area contributed by atoms with Crippen LogP contribution >= 0.6 is 0 Å². The Labute approximate surface area is 164 Å². The molecule has 0 amide bonds. The van der Waals surface area contributed by atoms with Gasteiger partial charge in [-0.1, -0.05) is 53.7 Å². The fraction of sp³-hybridized carbons (Fsp3) is 0.714. The fourth-order valence-electron chi connectivity index (χ4n) is 3.28. The van der Waals surface area contributed by atoms with E-state index in [-0.39, 0.29) is 18.4 Å². The van der Waals surface area contributed by atoms with Gasteiger partial charge in [0.2, 0.25) is 0 Å². The summed E-state index contributed by atoms with van der Waals surface area (Å²) in [5.41, 5.74) is 2.80. The van der Waals surface area contributed by atoms with Crippen molar-refractivity contribution in [2.75, 3.05) is 19.8 Å². The molecule has 0 bridgehead atoms. The van der Waals surface area contributed by atoms with Crippen molar-refractivity contribution < 1.29 is 22.1 Å². The molecule has 27 heavy (non-hydrogen) atoms. The maximum absolute atomic E-state index is 13.1. The quantitative estimate of drug-likeness (QED) is 0.582. The van der Waals surface area contributed by atoms with Crippen molar-refractivity contribution in [3.63, 3.8) is 0 Å². The predicted octanol–water partition coefficient (Wildman–Crippen LogP) is 4.92. The molecule has 154 valence electrons. The predicted molar refractivity (Wildman–Crippen MR) is 107 cm³/mol. The van der Waals surface area contributed by atoms with Crippen LogP contribution in [0.4, 0.5) is 0 Å². The van der Waals surface area contributed by atoms with E-state index in [0.29, 0.717) is 30.4 Å². The van der Waals surface area contributed by atoms with E-state index in [9.17, 15) is 8.42 Å². The van der Waals surface area contributed by atoms with E-state index in [1.165, 1.54) is 0 Å². The summed E-state index contributed by atoms with van der Waals surface area (Å²) in [6.45, 7) is 15.2. The first-order chi connectivity index (χ1) is 12.5. The average Bonchev–Trinajstić information content (AvgIpc) is 2.99. The number of hydrogen-bond donors (Lipinski definition) is 0. The largest absolute Gasteiger partial charge is 0.348 e. The molecule has 1 aromatic carbocycles. The molecule has 0 radical (unpaired) electrons. The third-order valence-corrected chi connectivity index (χ3v) is 6.47. The van der Waals surface area contributed by atoms with Crippen molar-refractivity contribution in [1.29, 1.82) is 0 Å². The van der Waals surface area contributed by atoms with Crippen LogP contribution in [-0.4, -0.2) is 34.0 Å². The second-order valence-electron chi connectivity index (χ2n) is 8.35. The summed E-state index contributed by atoms with van der Waals surface area (Å²) in [6, 6.07) is 4.03. The van der Waals surface area contributed by atoms with Crippen molar-refractivity contribution in [2.24, 2.45) is 0 Å². The van der Waals surface area contributed by atoms with Gasteiger partial charge >= 0.3 is 0 Å². The zero-order valence-corrected chi connectivity index (χ0v) is 18.5. The van der Waals surface area contributed by atoms with Crippen molar-refractivity contribution in [2.45, 2.75) is 83.3 Å². The molecular formula is C21H34O5S. The van der Waals surface area contributed by atoms with E-state index < -0.39 is 15.9 Å². The molecule has 1 fully saturated rings. The Kier molecular flexibility index (Phi) is 7.11. The van der Waals surface area contributed by atoms with Crippen LogP contribution in [0.15, 0.2) is 17.0 Å². The molecule has 5 nitrogen and oxygen atoms in total. The Hall–Kier alpha value is -0.950. The average molecular weight is 399 g/mol. The first-order valence-electron chi connectivity index (χ1n) is 9.82. The Bertz CT molecular complexity index is 715. The molecule has 2 rings (SSSR count). The standard InChI is InChI=1S/C21H34O5S/c1-14(2)17-12-18(15(3)4)20(19(13-17)16(5)6)27(22,23)26-9-8-21(7)24-10-11-25-21/h12-16H,8-11H2,1-7H3. The van der Waals surface area contributed by atoms with E-state index in [1.807, 2.05) is 46.8 Å². The Morgan fingerprint density at radius 1 is 0.963 bits per heavy atom. The summed E-state index contributed by atoms with van der Waals surface area (Å²) < 4.78 is 42.8. The summed E-state index contributed by atoms with van der Waals surface area (Å²) in [5, 5.41) is 0. The van der Waals surface area contributed by atoms with Gasteiger partial charge in [0.15, 0.2) is 5.79 Å². The molecule has 0 unspecified atom stereocenters. The van der Waals surface area contributed by atoms with Crippen LogP contribution in [0.1, 0.15) is 89.3 Å². The van der Waals surface area contributed by atoms with Crippen LogP contribution in [0.2, 0.25) is 0 Å². The lowest BCUT2D eigenvalue weighted by Crippen LogP contribution is -2.28. The van der Waals surface area contributed by atoms with Gasteiger partial charge < -0.3 is 9.47 Å². The minimum absolute atomic E-state index is 0.0276. The Morgan fingerprint density at radius 2 is 1.44 bits per heavy atom. The molecule has 1 aromatic rings. The van der Waals surface area contributed by atoms with Crippen LogP contribution in [0.5, 0.6) is 0 Å². The monoisotopic (exact) mass is 398 g/mol. The molecule has 0 N–H and O–H groups in total. The van der Waals surface area contributed by atoms with E-state index in [0.717, 1.165) is 16.7 Å². The maximum Gasteiger partial charge on any atom is 0.297 e. The summed E-state index contributed by atoms with van der Waals surface area (Å²) in [7, 11) is -3.88. The molecule has 0 spiro atoms. The number of ether oxygens (including phenoxy) is 2. The molecule has 1 aliphatic heterocycles. The summed E-state index contributed by atoms with van der Waals surface area (Å²) >= 11 is 0. The molecular weight excluding hydrogens is 364 g/mol. The Morgan fingerprint density at radius 3 is 1.85 bits per heavy atom. The van der Waals surface area contributed by atoms with E-state index in [2.05, 4.69) is 13.8 Å². The van der Waals surface area contributed by atoms with Crippen LogP contribution in [-0.2, 0) is 23.8 Å². The van der Waals surface area contributed by atoms with Crippen molar-refractivity contribution in [3.05, 3.63) is 28.8 Å². The van der Waals surface area contributed by atoms with Crippen molar-refractivity contribution in [3.8, 4) is 0 Å². The van der Waals surface area contributed by atoms with Crippen molar-refractivity contribution >= 4 is 10.1 Å². The summed E-state index contributed by atoms with van der Waals surface area (Å²) in [5.74, 6) is -0.282. The lowest BCUT2D eigenvalue weighted by molar-refractivity contribution is -0.150. The topological polar surface area (TPSA) is 61.8 Å². The first-order valence-corrected chi connectivity index (χ1v) is 11.2. The summed E-state index contributed by atoms with van der Waals surface area (Å²) in [4.78, 5) is 0.329. The van der Waals surface area contributed by atoms with Crippen molar-refractivity contribution in [1.82, 2.24) is 0 Å². The Balaban J connectivity index is 2.38. The highest BCUT2D eigenvalue weighted by molar-refractivity contribution is 7.86. The lowest BCUT2D eigenvalue weighted by Gasteiger charge is -2.24. The van der Waals surface area contributed by atoms with Crippen LogP contribution in [0, 0.1) is 0 Å². The second kappa shape index (κ2) is 8.60. The van der Waals surface area contributed by atoms with Gasteiger partial charge in [-0.05, 0) is 41.4 Å². The highest BCUT2D eigenvalue weighted by Crippen LogP contribution is 2.36. The highest BCUT2D eigenvalue weighted by atomic mass is 32.2. The van der Waals surface area contributed by atoms with Gasteiger partial charge in [-0.25, -0.2) is 0 Å². The van der Waals surface area contributed by atoms with E-state index in [1.54, 1.807) is 0 Å². The maximum atomic E-state index is 13.1. The van der Waals surface area contributed by atoms with Crippen LogP contribution in [0.3, 0.4) is 0 Å². The third-order valence-electron chi connectivity index (χ3n) is 5.02. The number of hydrogen-bond acceptors (Lipinski definition) is 5. The van der Waals surface area contributed by atoms with Gasteiger partial charge in [0, 0.05) is 6.42 Å². The molecule has 6 heteroatoms. The number of benzene rings is 1. The lowest BCUT2D eigenvalue weighted by atomic mass is 9.89. The van der Waals surface area contributed by atoms with Gasteiger partial charge in [-0.15, -0.1) is 0 Å². The first kappa shape index (κ1) is 22.3. The fourth-order valence-corrected chi connectivity index (χ4v) is 4.86. The zero-order valence-electron chi connectivity index (χ0n) is 17.7. The molecule has 1 aliphatic rings. The van der Waals surface area contributed by atoms with Gasteiger partial charge in [0.25, 0.3) is 10.1 Å². The van der Waals surface area contributed by atoms with Gasteiger partial charge in [-0.2, -0.15) is 8.42 Å². The SMILES string of the molecule is CC(C)c1cc(C(C)C)c(S(=O)(=O)OCCC2(C)OCCO2)c(C(C)C)c1. The normalized spacial score (nSPS) is 17.4. The second-order valence-corrected chi connectivity index (χ2v) is 9.90. The minimum atomic E-state index is -3.88. The van der Waals surface area contributed by atoms with Gasteiger partial charge in [0.1, 0.15) is 4.90 Å². The van der Waals surface area contributed by atoms with E-state index >= 15 is 0 Å². The number of rotatable bonds is 8. The smallest absolute Gasteiger partial charge is 0.297 e. The minimum Gasteiger partial charge on any atom is -0.348 e. The van der Waals surface area contributed by atoms with Gasteiger partial charge in [0.05, 0.1) is 19.8 Å². The molecule has 1 heterocycles.